The standard InChI is InChI=1S/C38H21Cl3N10O2/c1-18-23(17-42)35-45-29-16-22(39)10-13-31(29)50(35)37(52)33(18)48-46-26-11-8-20(14-24(26)40)21-9-12-27(25(41)15-21)47-49-34-19(2)32(43-3)36-44-28-6-4-5-7-30(28)51(36)38(34)53/h4-16,52-53H,1-2H3. The van der Waals surface area contributed by atoms with Gasteiger partial charge in [0.1, 0.15) is 34.3 Å². The lowest BCUT2D eigenvalue weighted by Gasteiger charge is -2.10. The van der Waals surface area contributed by atoms with Crippen molar-refractivity contribution >= 4 is 96.6 Å². The normalized spacial score (nSPS) is 11.8. The number of hydrogen-bond acceptors (Lipinski definition) is 9. The van der Waals surface area contributed by atoms with Gasteiger partial charge in [-0.05, 0) is 85.1 Å². The molecule has 15 heteroatoms. The maximum atomic E-state index is 11.3. The van der Waals surface area contributed by atoms with Crippen molar-refractivity contribution in [2.45, 2.75) is 13.8 Å². The van der Waals surface area contributed by atoms with Gasteiger partial charge >= 0.3 is 0 Å². The van der Waals surface area contributed by atoms with E-state index in [1.165, 1.54) is 8.80 Å². The predicted octanol–water partition coefficient (Wildman–Crippen LogP) is 12.2. The number of aromatic hydroxyl groups is 2. The summed E-state index contributed by atoms with van der Waals surface area (Å²) in [6.45, 7) is 11.1. The van der Waals surface area contributed by atoms with Crippen LogP contribution in [0.15, 0.2) is 99.3 Å². The Kier molecular flexibility index (Phi) is 8.16. The molecule has 0 unspecified atom stereocenters. The van der Waals surface area contributed by atoms with Crippen LogP contribution in [-0.2, 0) is 0 Å². The van der Waals surface area contributed by atoms with Gasteiger partial charge in [0.15, 0.2) is 11.3 Å². The monoisotopic (exact) mass is 754 g/mol. The first-order chi connectivity index (χ1) is 25.6. The van der Waals surface area contributed by atoms with E-state index in [1.807, 2.05) is 12.1 Å². The molecule has 4 aromatic carbocycles. The Morgan fingerprint density at radius 1 is 0.698 bits per heavy atom. The second-order valence-corrected chi connectivity index (χ2v) is 13.2. The Hall–Kier alpha value is -6.57. The van der Waals surface area contributed by atoms with Crippen molar-refractivity contribution in [3.63, 3.8) is 0 Å². The van der Waals surface area contributed by atoms with Gasteiger partial charge in [0.2, 0.25) is 17.4 Å². The maximum absolute atomic E-state index is 11.3. The summed E-state index contributed by atoms with van der Waals surface area (Å²) in [6.07, 6.45) is 0. The molecule has 53 heavy (non-hydrogen) atoms. The smallest absolute Gasteiger partial charge is 0.234 e. The lowest BCUT2D eigenvalue weighted by molar-refractivity contribution is 0.448. The van der Waals surface area contributed by atoms with Crippen molar-refractivity contribution in [2.24, 2.45) is 20.5 Å². The highest BCUT2D eigenvalue weighted by molar-refractivity contribution is 6.34. The molecule has 0 radical (unpaired) electrons. The molecule has 0 aliphatic carbocycles. The number of imidazole rings is 2. The molecular weight excluding hydrogens is 735 g/mol. The van der Waals surface area contributed by atoms with Gasteiger partial charge in [0.05, 0.1) is 38.7 Å². The molecule has 8 aromatic rings. The molecule has 4 aromatic heterocycles. The van der Waals surface area contributed by atoms with Crippen LogP contribution in [0.1, 0.15) is 16.7 Å². The van der Waals surface area contributed by atoms with E-state index in [-0.39, 0.29) is 50.1 Å². The third-order valence-corrected chi connectivity index (χ3v) is 9.71. The van der Waals surface area contributed by atoms with Crippen LogP contribution < -0.4 is 0 Å². The maximum Gasteiger partial charge on any atom is 0.234 e. The highest BCUT2D eigenvalue weighted by Crippen LogP contribution is 2.44. The highest BCUT2D eigenvalue weighted by Gasteiger charge is 2.22. The Bertz CT molecular complexity index is 3030. The Balaban J connectivity index is 1.10. The molecule has 0 amide bonds. The minimum Gasteiger partial charge on any atom is -0.493 e. The number of aromatic nitrogens is 4. The van der Waals surface area contributed by atoms with E-state index in [0.717, 1.165) is 11.1 Å². The summed E-state index contributed by atoms with van der Waals surface area (Å²) >= 11 is 19.4. The molecule has 4 heterocycles. The summed E-state index contributed by atoms with van der Waals surface area (Å²) < 4.78 is 2.93. The minimum atomic E-state index is -0.238. The van der Waals surface area contributed by atoms with E-state index in [2.05, 4.69) is 41.3 Å². The second-order valence-electron chi connectivity index (χ2n) is 11.9. The average molecular weight is 756 g/mol. The zero-order valence-corrected chi connectivity index (χ0v) is 29.8. The molecule has 12 nitrogen and oxygen atoms in total. The number of fused-ring (bicyclic) bond motifs is 6. The Labute approximate surface area is 314 Å². The van der Waals surface area contributed by atoms with Crippen molar-refractivity contribution < 1.29 is 10.2 Å². The summed E-state index contributed by atoms with van der Waals surface area (Å²) in [5.41, 5.74) is 6.58. The van der Waals surface area contributed by atoms with E-state index < -0.39 is 0 Å². The molecule has 0 spiro atoms. The first kappa shape index (κ1) is 33.6. The number of para-hydroxylation sites is 2. The number of hydrogen-bond donors (Lipinski definition) is 2. The Morgan fingerprint density at radius 3 is 1.87 bits per heavy atom. The number of rotatable bonds is 5. The van der Waals surface area contributed by atoms with Crippen LogP contribution in [-0.4, -0.2) is 29.0 Å². The SMILES string of the molecule is [C-]#[N+]c1c(C)c(N=Nc2ccc(-c3ccc(N=Nc4c(C)c(C#N)c5nc6cc(Cl)ccc6n5c4O)c(Cl)c3)cc2Cl)c(O)n2c1nc1ccccc12. The molecule has 0 aliphatic heterocycles. The van der Waals surface area contributed by atoms with Crippen molar-refractivity contribution in [2.75, 3.05) is 0 Å². The van der Waals surface area contributed by atoms with E-state index in [9.17, 15) is 15.5 Å². The van der Waals surface area contributed by atoms with Crippen molar-refractivity contribution in [1.29, 1.82) is 5.26 Å². The van der Waals surface area contributed by atoms with E-state index >= 15 is 0 Å². The van der Waals surface area contributed by atoms with Gasteiger partial charge < -0.3 is 10.2 Å². The molecule has 0 saturated carbocycles. The lowest BCUT2D eigenvalue weighted by atomic mass is 10.1. The van der Waals surface area contributed by atoms with Crippen molar-refractivity contribution in [1.82, 2.24) is 18.8 Å². The summed E-state index contributed by atoms with van der Waals surface area (Å²) in [7, 11) is 0. The number of nitriles is 1. The van der Waals surface area contributed by atoms with Crippen LogP contribution >= 0.6 is 34.8 Å². The van der Waals surface area contributed by atoms with Gasteiger partial charge in [-0.25, -0.2) is 14.8 Å². The third kappa shape index (κ3) is 5.45. The van der Waals surface area contributed by atoms with Gasteiger partial charge in [0.25, 0.3) is 0 Å². The summed E-state index contributed by atoms with van der Waals surface area (Å²) in [4.78, 5) is 12.7. The highest BCUT2D eigenvalue weighted by atomic mass is 35.5. The fourth-order valence-corrected chi connectivity index (χ4v) is 6.80. The zero-order chi connectivity index (χ0) is 37.1. The molecule has 0 bridgehead atoms. The molecule has 8 rings (SSSR count). The first-order valence-corrected chi connectivity index (χ1v) is 16.9. The fraction of sp³-hybridized carbons (Fsp3) is 0.0526. The Morgan fingerprint density at radius 2 is 1.26 bits per heavy atom. The van der Waals surface area contributed by atoms with Crippen LogP contribution in [0.4, 0.5) is 28.4 Å². The molecule has 2 N–H and O–H groups in total. The zero-order valence-electron chi connectivity index (χ0n) is 27.5. The van der Waals surface area contributed by atoms with Crippen molar-refractivity contribution in [3.8, 4) is 29.0 Å². The molecule has 0 atom stereocenters. The summed E-state index contributed by atoms with van der Waals surface area (Å²) in [5.74, 6) is -0.434. The second kappa shape index (κ2) is 12.9. The van der Waals surface area contributed by atoms with Gasteiger partial charge in [-0.3, -0.25) is 8.80 Å². The first-order valence-electron chi connectivity index (χ1n) is 15.8. The van der Waals surface area contributed by atoms with Crippen LogP contribution in [0.25, 0.3) is 49.3 Å². The predicted molar refractivity (Wildman–Crippen MR) is 204 cm³/mol. The van der Waals surface area contributed by atoms with E-state index in [4.69, 9.17) is 41.4 Å². The summed E-state index contributed by atoms with van der Waals surface area (Å²) in [6, 6.07) is 24.8. The number of halogens is 3. The van der Waals surface area contributed by atoms with Crippen LogP contribution in [0.5, 0.6) is 11.8 Å². The van der Waals surface area contributed by atoms with Gasteiger partial charge in [-0.15, -0.1) is 20.5 Å². The van der Waals surface area contributed by atoms with Gasteiger partial charge in [-0.2, -0.15) is 5.26 Å². The molecule has 0 aliphatic rings. The number of pyridine rings is 2. The lowest BCUT2D eigenvalue weighted by Crippen LogP contribution is -1.95. The molecule has 0 saturated heterocycles. The van der Waals surface area contributed by atoms with Gasteiger partial charge in [-0.1, -0.05) is 59.1 Å². The van der Waals surface area contributed by atoms with Crippen LogP contribution in [0.3, 0.4) is 0 Å². The topological polar surface area (TPSA) is 153 Å². The number of nitrogens with zero attached hydrogens (tertiary/aromatic N) is 10. The number of benzene rings is 4. The average Bonchev–Trinajstić information content (AvgIpc) is 3.71. The van der Waals surface area contributed by atoms with E-state index in [0.29, 0.717) is 55.2 Å². The molecule has 0 fully saturated rings. The minimum absolute atomic E-state index is 0.0899. The van der Waals surface area contributed by atoms with E-state index in [1.54, 1.807) is 80.6 Å². The van der Waals surface area contributed by atoms with Crippen LogP contribution in [0, 0.1) is 31.8 Å². The fourth-order valence-electron chi connectivity index (χ4n) is 6.20. The van der Waals surface area contributed by atoms with Crippen molar-refractivity contribution in [3.05, 3.63) is 122 Å². The summed E-state index contributed by atoms with van der Waals surface area (Å²) in [5, 5.41) is 50.7. The molecular formula is C38H21Cl3N10O2. The third-order valence-electron chi connectivity index (χ3n) is 8.87. The number of azo groups is 2. The largest absolute Gasteiger partial charge is 0.493 e. The molecule has 256 valence electrons. The van der Waals surface area contributed by atoms with Crippen LogP contribution in [0.2, 0.25) is 15.1 Å². The van der Waals surface area contributed by atoms with Gasteiger partial charge in [0, 0.05) is 10.6 Å². The quantitative estimate of drug-likeness (QED) is 0.132.